The summed E-state index contributed by atoms with van der Waals surface area (Å²) in [5, 5.41) is 9.69. The average molecular weight is 347 g/mol. The fourth-order valence-corrected chi connectivity index (χ4v) is 3.38. The normalized spacial score (nSPS) is 20.4. The number of aliphatic carboxylic acids is 1. The molecule has 1 fully saturated rings. The van der Waals surface area contributed by atoms with Crippen LogP contribution in [0.1, 0.15) is 31.2 Å². The third kappa shape index (κ3) is 4.20. The molecule has 1 aliphatic heterocycles. The number of benzene rings is 1. The molecule has 1 aromatic rings. The zero-order chi connectivity index (χ0) is 13.8. The summed E-state index contributed by atoms with van der Waals surface area (Å²) in [6.07, 6.45) is 3.46. The molecule has 1 N–H and O–H groups in total. The van der Waals surface area contributed by atoms with Gasteiger partial charge in [0.1, 0.15) is 0 Å². The van der Waals surface area contributed by atoms with Gasteiger partial charge >= 0.3 is 5.97 Å². The van der Waals surface area contributed by atoms with Gasteiger partial charge < -0.3 is 5.11 Å². The minimum atomic E-state index is -0.716. The highest BCUT2D eigenvalue weighted by molar-refractivity contribution is 9.10. The molecule has 0 saturated carbocycles. The number of carboxylic acids is 1. The summed E-state index contributed by atoms with van der Waals surface area (Å²) in [7, 11) is 0. The smallest absolute Gasteiger partial charge is 0.304 e. The molecule has 0 aromatic heterocycles. The van der Waals surface area contributed by atoms with Crippen LogP contribution in [0.25, 0.3) is 0 Å². The van der Waals surface area contributed by atoms with E-state index in [4.69, 9.17) is 16.7 Å². The fourth-order valence-electron chi connectivity index (χ4n) is 2.57. The molecule has 1 aromatic carbocycles. The van der Waals surface area contributed by atoms with E-state index >= 15 is 0 Å². The van der Waals surface area contributed by atoms with E-state index in [-0.39, 0.29) is 12.5 Å². The van der Waals surface area contributed by atoms with Crippen molar-refractivity contribution in [3.8, 4) is 0 Å². The summed E-state index contributed by atoms with van der Waals surface area (Å²) in [6.45, 7) is 1.74. The van der Waals surface area contributed by atoms with Crippen molar-refractivity contribution >= 4 is 33.5 Å². The first-order valence-electron chi connectivity index (χ1n) is 6.46. The lowest BCUT2D eigenvalue weighted by molar-refractivity contribution is -0.138. The minimum absolute atomic E-state index is 0.147. The van der Waals surface area contributed by atoms with Crippen molar-refractivity contribution in [3.63, 3.8) is 0 Å². The van der Waals surface area contributed by atoms with Gasteiger partial charge in [-0.1, -0.05) is 40.0 Å². The van der Waals surface area contributed by atoms with Crippen molar-refractivity contribution in [2.75, 3.05) is 6.54 Å². The van der Waals surface area contributed by atoms with Gasteiger partial charge in [-0.25, -0.2) is 0 Å². The van der Waals surface area contributed by atoms with Gasteiger partial charge in [0, 0.05) is 22.1 Å². The zero-order valence-corrected chi connectivity index (χ0v) is 13.0. The van der Waals surface area contributed by atoms with Crippen LogP contribution in [0, 0.1) is 0 Å². The third-order valence-electron chi connectivity index (χ3n) is 3.55. The highest BCUT2D eigenvalue weighted by atomic mass is 79.9. The Morgan fingerprint density at radius 1 is 1.47 bits per heavy atom. The van der Waals surface area contributed by atoms with Crippen LogP contribution in [0.15, 0.2) is 22.7 Å². The minimum Gasteiger partial charge on any atom is -0.481 e. The highest BCUT2D eigenvalue weighted by Crippen LogP contribution is 2.27. The molecule has 0 spiro atoms. The lowest BCUT2D eigenvalue weighted by Crippen LogP contribution is -2.40. The summed E-state index contributed by atoms with van der Waals surface area (Å²) in [5.41, 5.74) is 1.15. The van der Waals surface area contributed by atoms with Crippen LogP contribution in [0.4, 0.5) is 0 Å². The molecule has 5 heteroatoms. The molecule has 0 radical (unpaired) electrons. The Morgan fingerprint density at radius 3 is 2.95 bits per heavy atom. The molecule has 2 rings (SSSR count). The van der Waals surface area contributed by atoms with Crippen molar-refractivity contribution < 1.29 is 9.90 Å². The van der Waals surface area contributed by atoms with Gasteiger partial charge in [-0.15, -0.1) is 0 Å². The Kier molecular flexibility index (Phi) is 5.25. The van der Waals surface area contributed by atoms with E-state index in [1.807, 2.05) is 18.2 Å². The Morgan fingerprint density at radius 2 is 2.26 bits per heavy atom. The van der Waals surface area contributed by atoms with Crippen LogP contribution in [0.3, 0.4) is 0 Å². The number of carboxylic acid groups (broad SMARTS) is 1. The SMILES string of the molecule is O=C(O)CC1CCCCN1Cc1ccc(Cl)cc1Br. The summed E-state index contributed by atoms with van der Waals surface area (Å²) >= 11 is 9.45. The standard InChI is InChI=1S/C14H17BrClNO2/c15-13-7-11(16)5-4-10(13)9-17-6-2-1-3-12(17)8-14(18)19/h4-5,7,12H,1-3,6,8-9H2,(H,18,19). The topological polar surface area (TPSA) is 40.5 Å². The zero-order valence-electron chi connectivity index (χ0n) is 10.6. The number of piperidine rings is 1. The number of halogens is 2. The first-order chi connectivity index (χ1) is 9.06. The van der Waals surface area contributed by atoms with Gasteiger partial charge in [-0.05, 0) is 37.1 Å². The van der Waals surface area contributed by atoms with Crippen molar-refractivity contribution in [2.45, 2.75) is 38.3 Å². The molecule has 0 aliphatic carbocycles. The van der Waals surface area contributed by atoms with E-state index in [9.17, 15) is 4.79 Å². The molecule has 1 saturated heterocycles. The van der Waals surface area contributed by atoms with Gasteiger partial charge in [0.15, 0.2) is 0 Å². The number of hydrogen-bond donors (Lipinski definition) is 1. The molecule has 3 nitrogen and oxygen atoms in total. The largest absolute Gasteiger partial charge is 0.481 e. The quantitative estimate of drug-likeness (QED) is 0.898. The second kappa shape index (κ2) is 6.73. The summed E-state index contributed by atoms with van der Waals surface area (Å²) in [5.74, 6) is -0.716. The molecule has 1 aliphatic rings. The first kappa shape index (κ1) is 14.8. The van der Waals surface area contributed by atoms with E-state index in [1.54, 1.807) is 0 Å². The van der Waals surface area contributed by atoms with E-state index in [2.05, 4.69) is 20.8 Å². The van der Waals surface area contributed by atoms with Crippen LogP contribution in [0.2, 0.25) is 5.02 Å². The average Bonchev–Trinajstić information content (AvgIpc) is 2.34. The van der Waals surface area contributed by atoms with Crippen LogP contribution in [0.5, 0.6) is 0 Å². The predicted molar refractivity (Wildman–Crippen MR) is 79.5 cm³/mol. The number of likely N-dealkylation sites (tertiary alicyclic amines) is 1. The Hall–Kier alpha value is -0.580. The number of nitrogens with zero attached hydrogens (tertiary/aromatic N) is 1. The summed E-state index contributed by atoms with van der Waals surface area (Å²) in [4.78, 5) is 13.2. The monoisotopic (exact) mass is 345 g/mol. The second-order valence-corrected chi connectivity index (χ2v) is 6.24. The van der Waals surface area contributed by atoms with Gasteiger partial charge in [-0.2, -0.15) is 0 Å². The molecule has 1 unspecified atom stereocenters. The Balaban J connectivity index is 2.08. The molecule has 1 heterocycles. The molecule has 0 bridgehead atoms. The van der Waals surface area contributed by atoms with E-state index in [0.29, 0.717) is 5.02 Å². The van der Waals surface area contributed by atoms with Crippen LogP contribution in [-0.4, -0.2) is 28.6 Å². The van der Waals surface area contributed by atoms with Gasteiger partial charge in [0.25, 0.3) is 0 Å². The maximum atomic E-state index is 10.9. The molecule has 104 valence electrons. The fraction of sp³-hybridized carbons (Fsp3) is 0.500. The van der Waals surface area contributed by atoms with Crippen LogP contribution < -0.4 is 0 Å². The number of rotatable bonds is 4. The lowest BCUT2D eigenvalue weighted by Gasteiger charge is -2.35. The van der Waals surface area contributed by atoms with Crippen molar-refractivity contribution in [1.82, 2.24) is 4.90 Å². The maximum absolute atomic E-state index is 10.9. The Bertz CT molecular complexity index is 467. The van der Waals surface area contributed by atoms with Gasteiger partial charge in [0.05, 0.1) is 6.42 Å². The first-order valence-corrected chi connectivity index (χ1v) is 7.63. The summed E-state index contributed by atoms with van der Waals surface area (Å²) < 4.78 is 0.986. The van der Waals surface area contributed by atoms with Crippen LogP contribution >= 0.6 is 27.5 Å². The highest BCUT2D eigenvalue weighted by Gasteiger charge is 2.24. The van der Waals surface area contributed by atoms with E-state index in [0.717, 1.165) is 42.4 Å². The molecule has 19 heavy (non-hydrogen) atoms. The second-order valence-electron chi connectivity index (χ2n) is 4.95. The van der Waals surface area contributed by atoms with Crippen molar-refractivity contribution in [1.29, 1.82) is 0 Å². The number of carbonyl (C=O) groups is 1. The van der Waals surface area contributed by atoms with E-state index in [1.165, 1.54) is 0 Å². The van der Waals surface area contributed by atoms with Crippen molar-refractivity contribution in [3.05, 3.63) is 33.3 Å². The summed E-state index contributed by atoms with van der Waals surface area (Å²) in [6, 6.07) is 5.90. The molecular formula is C14H17BrClNO2. The van der Waals surface area contributed by atoms with E-state index < -0.39 is 5.97 Å². The van der Waals surface area contributed by atoms with Crippen molar-refractivity contribution in [2.24, 2.45) is 0 Å². The van der Waals surface area contributed by atoms with Crippen LogP contribution in [-0.2, 0) is 11.3 Å². The lowest BCUT2D eigenvalue weighted by atomic mass is 9.98. The third-order valence-corrected chi connectivity index (χ3v) is 4.52. The van der Waals surface area contributed by atoms with Gasteiger partial charge in [-0.3, -0.25) is 9.69 Å². The van der Waals surface area contributed by atoms with Gasteiger partial charge in [0.2, 0.25) is 0 Å². The molecule has 0 amide bonds. The molecule has 1 atom stereocenters. The predicted octanol–water partition coefficient (Wildman–Crippen LogP) is 3.93. The Labute approximate surface area is 126 Å². The maximum Gasteiger partial charge on any atom is 0.304 e. The molecular weight excluding hydrogens is 330 g/mol. The number of hydrogen-bond acceptors (Lipinski definition) is 2.